The van der Waals surface area contributed by atoms with Gasteiger partial charge >= 0.3 is 5.97 Å². The van der Waals surface area contributed by atoms with E-state index >= 15 is 0 Å². The molecular formula is C8H3ClF2O3. The summed E-state index contributed by atoms with van der Waals surface area (Å²) in [4.78, 5) is 21.0. The third-order valence-electron chi connectivity index (χ3n) is 1.47. The summed E-state index contributed by atoms with van der Waals surface area (Å²) in [6.45, 7) is 0. The zero-order valence-corrected chi connectivity index (χ0v) is 7.31. The number of ketones is 1. The Labute approximate surface area is 81.9 Å². The van der Waals surface area contributed by atoms with Gasteiger partial charge < -0.3 is 5.11 Å². The zero-order valence-electron chi connectivity index (χ0n) is 6.55. The summed E-state index contributed by atoms with van der Waals surface area (Å²) in [5, 5.41) is 7.38. The van der Waals surface area contributed by atoms with E-state index < -0.39 is 34.0 Å². The van der Waals surface area contributed by atoms with Gasteiger partial charge in [0.2, 0.25) is 0 Å². The molecule has 14 heavy (non-hydrogen) atoms. The molecule has 1 rings (SSSR count). The van der Waals surface area contributed by atoms with Gasteiger partial charge in [0.25, 0.3) is 5.78 Å². The molecule has 0 bridgehead atoms. The van der Waals surface area contributed by atoms with Crippen molar-refractivity contribution in [1.29, 1.82) is 0 Å². The van der Waals surface area contributed by atoms with Gasteiger partial charge in [0.05, 0.1) is 5.56 Å². The normalized spacial score (nSPS) is 9.93. The number of hydrogen-bond acceptors (Lipinski definition) is 2. The van der Waals surface area contributed by atoms with Gasteiger partial charge in [-0.1, -0.05) is 11.6 Å². The van der Waals surface area contributed by atoms with E-state index in [-0.39, 0.29) is 0 Å². The number of benzene rings is 1. The molecule has 0 aliphatic rings. The molecule has 0 fully saturated rings. The molecule has 0 spiro atoms. The van der Waals surface area contributed by atoms with Crippen LogP contribution in [0.3, 0.4) is 0 Å². The predicted molar refractivity (Wildman–Crippen MR) is 43.3 cm³/mol. The van der Waals surface area contributed by atoms with Crippen molar-refractivity contribution in [3.05, 3.63) is 34.4 Å². The number of carbonyl (C=O) groups excluding carboxylic acids is 1. The molecule has 1 aromatic rings. The molecule has 74 valence electrons. The Hall–Kier alpha value is -1.49. The number of halogens is 3. The van der Waals surface area contributed by atoms with Crippen molar-refractivity contribution >= 4 is 23.4 Å². The van der Waals surface area contributed by atoms with Crippen LogP contribution in [0.15, 0.2) is 12.1 Å². The fourth-order valence-corrected chi connectivity index (χ4v) is 0.981. The lowest BCUT2D eigenvalue weighted by Crippen LogP contribution is -2.14. The Bertz CT molecular complexity index is 417. The Morgan fingerprint density at radius 1 is 1.29 bits per heavy atom. The van der Waals surface area contributed by atoms with Gasteiger partial charge in [0, 0.05) is 0 Å². The maximum Gasteiger partial charge on any atom is 0.377 e. The molecule has 0 amide bonds. The highest BCUT2D eigenvalue weighted by atomic mass is 35.5. The van der Waals surface area contributed by atoms with E-state index in [1.165, 1.54) is 0 Å². The number of rotatable bonds is 2. The second kappa shape index (κ2) is 3.71. The van der Waals surface area contributed by atoms with E-state index in [0.717, 1.165) is 12.1 Å². The summed E-state index contributed by atoms with van der Waals surface area (Å²) in [6.07, 6.45) is 0. The first-order chi connectivity index (χ1) is 6.45. The first-order valence-electron chi connectivity index (χ1n) is 3.36. The van der Waals surface area contributed by atoms with Crippen LogP contribution in [0, 0.1) is 11.6 Å². The first-order valence-corrected chi connectivity index (χ1v) is 3.74. The number of carboxylic acid groups (broad SMARTS) is 1. The number of carbonyl (C=O) groups is 2. The van der Waals surface area contributed by atoms with E-state index in [1.54, 1.807) is 0 Å². The van der Waals surface area contributed by atoms with Gasteiger partial charge in [-0.15, -0.1) is 0 Å². The van der Waals surface area contributed by atoms with Crippen LogP contribution in [0.4, 0.5) is 8.78 Å². The summed E-state index contributed by atoms with van der Waals surface area (Å²) in [5.74, 6) is -5.71. The molecule has 1 aromatic carbocycles. The number of hydrogen-bond donors (Lipinski definition) is 1. The van der Waals surface area contributed by atoms with Gasteiger partial charge in [-0.25, -0.2) is 13.6 Å². The molecule has 0 saturated heterocycles. The molecule has 0 aromatic heterocycles. The van der Waals surface area contributed by atoms with Crippen molar-refractivity contribution in [3.8, 4) is 0 Å². The minimum Gasteiger partial charge on any atom is -0.475 e. The van der Waals surface area contributed by atoms with Crippen LogP contribution >= 0.6 is 11.6 Å². The highest BCUT2D eigenvalue weighted by Gasteiger charge is 2.22. The minimum atomic E-state index is -1.83. The van der Waals surface area contributed by atoms with Crippen LogP contribution in [0.1, 0.15) is 10.4 Å². The van der Waals surface area contributed by atoms with Crippen molar-refractivity contribution in [2.75, 3.05) is 0 Å². The number of aliphatic carboxylic acids is 1. The summed E-state index contributed by atoms with van der Waals surface area (Å²) in [7, 11) is 0. The van der Waals surface area contributed by atoms with Crippen molar-refractivity contribution < 1.29 is 23.5 Å². The molecule has 6 heteroatoms. The van der Waals surface area contributed by atoms with E-state index in [0.29, 0.717) is 0 Å². The molecule has 0 radical (unpaired) electrons. The first kappa shape index (κ1) is 10.6. The lowest BCUT2D eigenvalue weighted by molar-refractivity contribution is -0.131. The third-order valence-corrected chi connectivity index (χ3v) is 1.82. The van der Waals surface area contributed by atoms with Crippen LogP contribution < -0.4 is 0 Å². The van der Waals surface area contributed by atoms with E-state index in [1.807, 2.05) is 0 Å². The maximum absolute atomic E-state index is 13.0. The lowest BCUT2D eigenvalue weighted by atomic mass is 10.1. The quantitative estimate of drug-likeness (QED) is 0.470. The fraction of sp³-hybridized carbons (Fsp3) is 0. The molecular weight excluding hydrogens is 218 g/mol. The van der Waals surface area contributed by atoms with Crippen molar-refractivity contribution in [2.45, 2.75) is 0 Å². The standard InChI is InChI=1S/C8H3ClF2O3/c9-5-4(10)2-1-3(6(5)11)7(12)8(13)14/h1-2H,(H,13,14). The summed E-state index contributed by atoms with van der Waals surface area (Å²) < 4.78 is 25.6. The predicted octanol–water partition coefficient (Wildman–Crippen LogP) is 1.89. The third kappa shape index (κ3) is 1.72. The summed E-state index contributed by atoms with van der Waals surface area (Å²) >= 11 is 5.14. The minimum absolute atomic E-state index is 0.724. The maximum atomic E-state index is 13.0. The summed E-state index contributed by atoms with van der Waals surface area (Å²) in [5.41, 5.74) is -0.760. The molecule has 0 saturated carbocycles. The molecule has 0 atom stereocenters. The van der Waals surface area contributed by atoms with E-state index in [4.69, 9.17) is 16.7 Å². The van der Waals surface area contributed by atoms with Gasteiger partial charge in [-0.3, -0.25) is 4.79 Å². The highest BCUT2D eigenvalue weighted by molar-refractivity contribution is 6.40. The smallest absolute Gasteiger partial charge is 0.377 e. The fourth-order valence-electron chi connectivity index (χ4n) is 0.816. The monoisotopic (exact) mass is 220 g/mol. The van der Waals surface area contributed by atoms with Crippen LogP contribution in [0.25, 0.3) is 0 Å². The SMILES string of the molecule is O=C(O)C(=O)c1ccc(F)c(Cl)c1F. The van der Waals surface area contributed by atoms with Gasteiger partial charge in [-0.05, 0) is 12.1 Å². The topological polar surface area (TPSA) is 54.4 Å². The Morgan fingerprint density at radius 3 is 2.36 bits per heavy atom. The van der Waals surface area contributed by atoms with E-state index in [9.17, 15) is 18.4 Å². The Balaban J connectivity index is 3.31. The molecule has 0 aliphatic heterocycles. The highest BCUT2D eigenvalue weighted by Crippen LogP contribution is 2.22. The van der Waals surface area contributed by atoms with Crippen LogP contribution in [0.5, 0.6) is 0 Å². The second-order valence-electron chi connectivity index (χ2n) is 2.36. The number of carboxylic acids is 1. The Morgan fingerprint density at radius 2 is 1.86 bits per heavy atom. The zero-order chi connectivity index (χ0) is 10.9. The van der Waals surface area contributed by atoms with Crippen LogP contribution in [-0.4, -0.2) is 16.9 Å². The average molecular weight is 221 g/mol. The molecule has 3 nitrogen and oxygen atoms in total. The molecule has 0 unspecified atom stereocenters. The average Bonchev–Trinajstić information content (AvgIpc) is 2.13. The van der Waals surface area contributed by atoms with E-state index in [2.05, 4.69) is 0 Å². The molecule has 0 aliphatic carbocycles. The van der Waals surface area contributed by atoms with Crippen molar-refractivity contribution in [3.63, 3.8) is 0 Å². The molecule has 1 N–H and O–H groups in total. The van der Waals surface area contributed by atoms with Crippen molar-refractivity contribution in [1.82, 2.24) is 0 Å². The van der Waals surface area contributed by atoms with Crippen molar-refractivity contribution in [2.24, 2.45) is 0 Å². The number of Topliss-reactive ketones (excluding diaryl/α,β-unsaturated/α-hetero) is 1. The van der Waals surface area contributed by atoms with Gasteiger partial charge in [0.1, 0.15) is 10.8 Å². The van der Waals surface area contributed by atoms with Crippen LogP contribution in [0.2, 0.25) is 5.02 Å². The largest absolute Gasteiger partial charge is 0.475 e. The second-order valence-corrected chi connectivity index (χ2v) is 2.74. The van der Waals surface area contributed by atoms with Gasteiger partial charge in [-0.2, -0.15) is 0 Å². The molecule has 0 heterocycles. The van der Waals surface area contributed by atoms with Gasteiger partial charge in [0.15, 0.2) is 5.82 Å². The summed E-state index contributed by atoms with van der Waals surface area (Å²) in [6, 6.07) is 1.45. The van der Waals surface area contributed by atoms with Crippen LogP contribution in [-0.2, 0) is 4.79 Å². The Kier molecular flexibility index (Phi) is 2.81. The lowest BCUT2D eigenvalue weighted by Gasteiger charge is -2.00.